The molecule has 1 saturated heterocycles. The highest BCUT2D eigenvalue weighted by molar-refractivity contribution is 7.12. The second-order valence-corrected chi connectivity index (χ2v) is 6.65. The monoisotopic (exact) mass is 315 g/mol. The van der Waals surface area contributed by atoms with Gasteiger partial charge in [-0.05, 0) is 31.8 Å². The molecule has 112 valence electrons. The second-order valence-electron chi connectivity index (χ2n) is 5.33. The fourth-order valence-electron chi connectivity index (χ4n) is 2.38. The quantitative estimate of drug-likeness (QED) is 0.904. The Morgan fingerprint density at radius 1 is 1.45 bits per heavy atom. The van der Waals surface area contributed by atoms with Crippen LogP contribution in [0.5, 0.6) is 0 Å². The summed E-state index contributed by atoms with van der Waals surface area (Å²) in [5.74, 6) is -0.0597. The van der Waals surface area contributed by atoms with E-state index in [0.717, 1.165) is 32.6 Å². The van der Waals surface area contributed by atoms with E-state index in [9.17, 15) is 4.79 Å². The molecule has 0 aliphatic carbocycles. The standard InChI is InChI=1S/C14H22ClN3OS/c1-11(18-8-6-17(2)7-9-18)3-5-16-14(19)13-12(15)4-10-20-13/h4,10-11H,3,5-9H2,1-2H3,(H,16,19)/t11-/m1/s1. The van der Waals surface area contributed by atoms with Crippen molar-refractivity contribution in [2.24, 2.45) is 0 Å². The van der Waals surface area contributed by atoms with Crippen molar-refractivity contribution in [3.05, 3.63) is 21.3 Å². The van der Waals surface area contributed by atoms with Crippen LogP contribution in [0.25, 0.3) is 0 Å². The smallest absolute Gasteiger partial charge is 0.262 e. The number of likely N-dealkylation sites (N-methyl/N-ethyl adjacent to an activating group) is 1. The highest BCUT2D eigenvalue weighted by atomic mass is 35.5. The first-order valence-electron chi connectivity index (χ1n) is 7.01. The first kappa shape index (κ1) is 15.8. The van der Waals surface area contributed by atoms with Crippen molar-refractivity contribution in [1.29, 1.82) is 0 Å². The molecule has 2 rings (SSSR count). The minimum absolute atomic E-state index is 0.0597. The van der Waals surface area contributed by atoms with Crippen LogP contribution in [0.15, 0.2) is 11.4 Å². The van der Waals surface area contributed by atoms with Crippen LogP contribution in [0.3, 0.4) is 0 Å². The van der Waals surface area contributed by atoms with Crippen LogP contribution >= 0.6 is 22.9 Å². The van der Waals surface area contributed by atoms with Crippen molar-refractivity contribution in [2.45, 2.75) is 19.4 Å². The molecule has 0 spiro atoms. The molecule has 2 heterocycles. The van der Waals surface area contributed by atoms with Gasteiger partial charge in [-0.2, -0.15) is 0 Å². The lowest BCUT2D eigenvalue weighted by Gasteiger charge is -2.36. The Morgan fingerprint density at radius 3 is 2.75 bits per heavy atom. The predicted octanol–water partition coefficient (Wildman–Crippen LogP) is 2.16. The van der Waals surface area contributed by atoms with Crippen LogP contribution in [0.4, 0.5) is 0 Å². The topological polar surface area (TPSA) is 35.6 Å². The van der Waals surface area contributed by atoms with E-state index in [1.807, 2.05) is 5.38 Å². The molecule has 0 saturated carbocycles. The van der Waals surface area contributed by atoms with Gasteiger partial charge in [0.2, 0.25) is 0 Å². The fraction of sp³-hybridized carbons (Fsp3) is 0.643. The minimum atomic E-state index is -0.0597. The highest BCUT2D eigenvalue weighted by Crippen LogP contribution is 2.21. The van der Waals surface area contributed by atoms with Crippen LogP contribution in [0, 0.1) is 0 Å². The molecule has 1 atom stereocenters. The van der Waals surface area contributed by atoms with E-state index in [-0.39, 0.29) is 5.91 Å². The third-order valence-electron chi connectivity index (χ3n) is 3.83. The zero-order chi connectivity index (χ0) is 14.5. The van der Waals surface area contributed by atoms with E-state index in [4.69, 9.17) is 11.6 Å². The summed E-state index contributed by atoms with van der Waals surface area (Å²) in [6.45, 7) is 7.41. The minimum Gasteiger partial charge on any atom is -0.351 e. The van der Waals surface area contributed by atoms with Crippen LogP contribution < -0.4 is 5.32 Å². The number of thiophene rings is 1. The van der Waals surface area contributed by atoms with Gasteiger partial charge in [-0.25, -0.2) is 0 Å². The first-order chi connectivity index (χ1) is 9.58. The van der Waals surface area contributed by atoms with Gasteiger partial charge in [0.05, 0.1) is 5.02 Å². The molecule has 1 fully saturated rings. The van der Waals surface area contributed by atoms with Crippen molar-refractivity contribution in [3.63, 3.8) is 0 Å². The van der Waals surface area contributed by atoms with Crippen molar-refractivity contribution < 1.29 is 4.79 Å². The van der Waals surface area contributed by atoms with Crippen molar-refractivity contribution in [2.75, 3.05) is 39.8 Å². The third-order valence-corrected chi connectivity index (χ3v) is 5.17. The van der Waals surface area contributed by atoms with E-state index in [2.05, 4.69) is 29.1 Å². The van der Waals surface area contributed by atoms with E-state index in [0.29, 0.717) is 22.5 Å². The molecule has 0 radical (unpaired) electrons. The predicted molar refractivity (Wildman–Crippen MR) is 84.8 cm³/mol. The molecule has 1 amide bonds. The lowest BCUT2D eigenvalue weighted by Crippen LogP contribution is -2.48. The van der Waals surface area contributed by atoms with Gasteiger partial charge in [0.15, 0.2) is 0 Å². The largest absolute Gasteiger partial charge is 0.351 e. The molecule has 6 heteroatoms. The number of amides is 1. The van der Waals surface area contributed by atoms with Crippen LogP contribution in [0.2, 0.25) is 5.02 Å². The number of piperazine rings is 1. The SMILES string of the molecule is C[C@H](CCNC(=O)c1sccc1Cl)N1CCN(C)CC1. The number of hydrogen-bond acceptors (Lipinski definition) is 4. The first-order valence-corrected chi connectivity index (χ1v) is 8.27. The number of nitrogens with zero attached hydrogens (tertiary/aromatic N) is 2. The van der Waals surface area contributed by atoms with Gasteiger partial charge in [-0.15, -0.1) is 11.3 Å². The maximum atomic E-state index is 11.9. The van der Waals surface area contributed by atoms with Gasteiger partial charge in [0.25, 0.3) is 5.91 Å². The molecule has 1 aromatic rings. The maximum Gasteiger partial charge on any atom is 0.262 e. The Balaban J connectivity index is 1.70. The van der Waals surface area contributed by atoms with Crippen molar-refractivity contribution in [1.82, 2.24) is 15.1 Å². The highest BCUT2D eigenvalue weighted by Gasteiger charge is 2.19. The Hall–Kier alpha value is -0.620. The molecular formula is C14H22ClN3OS. The van der Waals surface area contributed by atoms with Crippen LogP contribution in [-0.2, 0) is 0 Å². The summed E-state index contributed by atoms with van der Waals surface area (Å²) in [4.78, 5) is 17.4. The zero-order valence-corrected chi connectivity index (χ0v) is 13.6. The van der Waals surface area contributed by atoms with Crippen molar-refractivity contribution >= 4 is 28.8 Å². The molecule has 0 aromatic carbocycles. The third kappa shape index (κ3) is 4.19. The maximum absolute atomic E-state index is 11.9. The normalized spacial score (nSPS) is 18.9. The summed E-state index contributed by atoms with van der Waals surface area (Å²) in [6.07, 6.45) is 0.971. The number of rotatable bonds is 5. The van der Waals surface area contributed by atoms with Gasteiger partial charge in [0.1, 0.15) is 4.88 Å². The molecule has 1 aromatic heterocycles. The molecule has 0 bridgehead atoms. The Morgan fingerprint density at radius 2 is 2.15 bits per heavy atom. The van der Waals surface area contributed by atoms with Gasteiger partial charge < -0.3 is 10.2 Å². The van der Waals surface area contributed by atoms with E-state index in [1.165, 1.54) is 11.3 Å². The molecule has 4 nitrogen and oxygen atoms in total. The molecule has 1 aliphatic rings. The van der Waals surface area contributed by atoms with E-state index in [1.54, 1.807) is 6.07 Å². The van der Waals surface area contributed by atoms with Crippen LogP contribution in [-0.4, -0.2) is 61.5 Å². The molecule has 1 aliphatic heterocycles. The van der Waals surface area contributed by atoms with Gasteiger partial charge in [0, 0.05) is 38.8 Å². The molecule has 1 N–H and O–H groups in total. The average molecular weight is 316 g/mol. The summed E-state index contributed by atoms with van der Waals surface area (Å²) >= 11 is 7.33. The average Bonchev–Trinajstić information content (AvgIpc) is 2.85. The van der Waals surface area contributed by atoms with Gasteiger partial charge >= 0.3 is 0 Å². The number of hydrogen-bond donors (Lipinski definition) is 1. The summed E-state index contributed by atoms with van der Waals surface area (Å²) < 4.78 is 0. The molecule has 20 heavy (non-hydrogen) atoms. The number of nitrogens with one attached hydrogen (secondary N) is 1. The van der Waals surface area contributed by atoms with Gasteiger partial charge in [-0.3, -0.25) is 9.69 Å². The molecular weight excluding hydrogens is 294 g/mol. The van der Waals surface area contributed by atoms with Crippen molar-refractivity contribution in [3.8, 4) is 0 Å². The van der Waals surface area contributed by atoms with E-state index >= 15 is 0 Å². The summed E-state index contributed by atoms with van der Waals surface area (Å²) in [5.41, 5.74) is 0. The Bertz CT molecular complexity index is 443. The Labute approximate surface area is 129 Å². The lowest BCUT2D eigenvalue weighted by molar-refractivity contribution is 0.0939. The summed E-state index contributed by atoms with van der Waals surface area (Å²) in [5, 5.41) is 5.33. The number of halogens is 1. The zero-order valence-electron chi connectivity index (χ0n) is 12.1. The van der Waals surface area contributed by atoms with Gasteiger partial charge in [-0.1, -0.05) is 11.6 Å². The Kier molecular flexibility index (Phi) is 5.84. The lowest BCUT2D eigenvalue weighted by atomic mass is 10.1. The number of carbonyl (C=O) groups is 1. The number of carbonyl (C=O) groups excluding carboxylic acids is 1. The fourth-order valence-corrected chi connectivity index (χ4v) is 3.43. The second kappa shape index (κ2) is 7.41. The van der Waals surface area contributed by atoms with E-state index < -0.39 is 0 Å². The molecule has 0 unspecified atom stereocenters. The van der Waals surface area contributed by atoms with Crippen LogP contribution in [0.1, 0.15) is 23.0 Å². The summed E-state index contributed by atoms with van der Waals surface area (Å²) in [6, 6.07) is 2.26. The summed E-state index contributed by atoms with van der Waals surface area (Å²) in [7, 11) is 2.16.